The van der Waals surface area contributed by atoms with Gasteiger partial charge in [0.25, 0.3) is 0 Å². The van der Waals surface area contributed by atoms with Gasteiger partial charge in [-0.3, -0.25) is 47.9 Å². The fourth-order valence-corrected chi connectivity index (χ4v) is 7.43. The zero-order valence-corrected chi connectivity index (χ0v) is 40.3. The van der Waals surface area contributed by atoms with E-state index >= 15 is 0 Å². The molecule has 1 fully saturated rings. The number of hydrogen-bond donors (Lipinski definition) is 14. The highest BCUT2D eigenvalue weighted by atomic mass is 16.4. The van der Waals surface area contributed by atoms with Crippen LogP contribution in [-0.4, -0.2) is 174 Å². The summed E-state index contributed by atoms with van der Waals surface area (Å²) in [6.45, 7) is 4.65. The van der Waals surface area contributed by atoms with Gasteiger partial charge in [0.05, 0.1) is 25.1 Å². The van der Waals surface area contributed by atoms with Gasteiger partial charge in [0.2, 0.25) is 53.2 Å². The van der Waals surface area contributed by atoms with Crippen LogP contribution in [0.2, 0.25) is 0 Å². The molecular weight excluding hydrogens is 949 g/mol. The number of aliphatic hydroxyl groups is 2. The standard InChI is InChI=1S/C45H66N12O15/c1-22(2)35(43(69)53-30(18-26-19-48-21-49-26)41(67)54-31(20-58)45(71)72)55-42(68)32-11-8-16-57(32)44(70)36(24(4)59)56-39(65)28(13-15-34(61)62)51-40(66)29(17-25-9-6-5-7-10-25)52-37(63)23(3)50-38(64)27(46)12-14-33(47)60/h5-7,9-10,19,21-24,27-32,35-36,58-59H,8,11-18,20,46H2,1-4H3,(H2,47,60)(H,48,49)(H,50,64)(H,51,66)(H,52,63)(H,53,69)(H,54,67)(H,55,68)(H,56,65)(H,61,62)(H,71,72)/t23-,24+,27-,28-,29-,30-,31-,32-,35-,36-/m0/s1. The van der Waals surface area contributed by atoms with Crippen molar-refractivity contribution in [3.05, 3.63) is 54.1 Å². The molecule has 1 saturated heterocycles. The Morgan fingerprint density at radius 1 is 0.722 bits per heavy atom. The third-order valence-corrected chi connectivity index (χ3v) is 11.5. The van der Waals surface area contributed by atoms with Gasteiger partial charge < -0.3 is 79.0 Å². The van der Waals surface area contributed by atoms with Gasteiger partial charge in [0.15, 0.2) is 0 Å². The van der Waals surface area contributed by atoms with E-state index in [-0.39, 0.29) is 45.1 Å². The fourth-order valence-electron chi connectivity index (χ4n) is 7.43. The Balaban J connectivity index is 1.81. The second kappa shape index (κ2) is 28.4. The summed E-state index contributed by atoms with van der Waals surface area (Å²) in [5.74, 6) is -11.5. The second-order valence-electron chi connectivity index (χ2n) is 17.7. The van der Waals surface area contributed by atoms with E-state index in [1.165, 1.54) is 26.4 Å². The maximum atomic E-state index is 14.2. The number of carboxylic acid groups (broad SMARTS) is 2. The van der Waals surface area contributed by atoms with Crippen LogP contribution in [0.25, 0.3) is 0 Å². The Morgan fingerprint density at radius 3 is 1.88 bits per heavy atom. The highest BCUT2D eigenvalue weighted by Crippen LogP contribution is 2.21. The van der Waals surface area contributed by atoms with Gasteiger partial charge in [-0.05, 0) is 51.0 Å². The lowest BCUT2D eigenvalue weighted by molar-refractivity contribution is -0.145. The topological polar surface area (TPSA) is 437 Å². The van der Waals surface area contributed by atoms with Gasteiger partial charge in [0.1, 0.15) is 48.3 Å². The first-order chi connectivity index (χ1) is 33.9. The molecule has 10 atom stereocenters. The predicted molar refractivity (Wildman–Crippen MR) is 251 cm³/mol. The van der Waals surface area contributed by atoms with Crippen LogP contribution in [0, 0.1) is 5.92 Å². The summed E-state index contributed by atoms with van der Waals surface area (Å²) in [7, 11) is 0. The number of imidazole rings is 1. The average Bonchev–Trinajstić information content (AvgIpc) is 4.04. The largest absolute Gasteiger partial charge is 0.481 e. The van der Waals surface area contributed by atoms with E-state index in [9.17, 15) is 73.2 Å². The molecule has 2 heterocycles. The van der Waals surface area contributed by atoms with Gasteiger partial charge in [-0.1, -0.05) is 44.2 Å². The first-order valence-corrected chi connectivity index (χ1v) is 23.2. The number of aliphatic hydroxyl groups excluding tert-OH is 2. The quantitative estimate of drug-likeness (QED) is 0.0363. The highest BCUT2D eigenvalue weighted by Gasteiger charge is 2.42. The Labute approximate surface area is 413 Å². The third-order valence-electron chi connectivity index (χ3n) is 11.5. The molecule has 396 valence electrons. The number of primary amides is 1. The summed E-state index contributed by atoms with van der Waals surface area (Å²) in [5.41, 5.74) is 11.9. The number of nitrogens with two attached hydrogens (primary N) is 2. The van der Waals surface area contributed by atoms with E-state index in [1.54, 1.807) is 44.2 Å². The number of hydrogen-bond acceptors (Lipinski definition) is 15. The molecule has 3 rings (SSSR count). The first-order valence-electron chi connectivity index (χ1n) is 23.2. The number of carbonyl (C=O) groups excluding carboxylic acids is 9. The summed E-state index contributed by atoms with van der Waals surface area (Å²) in [5, 5.41) is 56.2. The minimum absolute atomic E-state index is 0.0468. The number of benzene rings is 1. The maximum absolute atomic E-state index is 14.2. The molecule has 0 saturated carbocycles. The molecule has 72 heavy (non-hydrogen) atoms. The number of carbonyl (C=O) groups is 11. The lowest BCUT2D eigenvalue weighted by Crippen LogP contribution is -2.62. The smallest absolute Gasteiger partial charge is 0.328 e. The van der Waals surface area contributed by atoms with Gasteiger partial charge in [-0.2, -0.15) is 0 Å². The van der Waals surface area contributed by atoms with Crippen LogP contribution < -0.4 is 48.7 Å². The molecule has 9 amide bonds. The lowest BCUT2D eigenvalue weighted by Gasteiger charge is -2.32. The van der Waals surface area contributed by atoms with Gasteiger partial charge >= 0.3 is 11.9 Å². The SMILES string of the molecule is CC(C)[C@H](NC(=O)[C@@H]1CCCN1C(=O)[C@@H](NC(=O)[C@H](CCC(=O)O)NC(=O)[C@H](Cc1ccccc1)NC(=O)[C@H](C)NC(=O)[C@@H](N)CCC(N)=O)[C@@H](C)O)C(=O)N[C@@H](Cc1cnc[nH]1)C(=O)N[C@@H](CO)C(=O)O. The number of aromatic amines is 1. The normalized spacial score (nSPS) is 17.0. The number of amides is 9. The summed E-state index contributed by atoms with van der Waals surface area (Å²) < 4.78 is 0. The van der Waals surface area contributed by atoms with Crippen LogP contribution in [0.1, 0.15) is 77.5 Å². The number of aromatic nitrogens is 2. The molecular formula is C45H66N12O15. The second-order valence-corrected chi connectivity index (χ2v) is 17.7. The van der Waals surface area contributed by atoms with E-state index < -0.39 is 151 Å². The van der Waals surface area contributed by atoms with Crippen LogP contribution in [0.5, 0.6) is 0 Å². The highest BCUT2D eigenvalue weighted by molar-refractivity contribution is 5.98. The minimum Gasteiger partial charge on any atom is -0.481 e. The molecule has 16 N–H and O–H groups in total. The summed E-state index contributed by atoms with van der Waals surface area (Å²) in [4.78, 5) is 151. The van der Waals surface area contributed by atoms with Crippen molar-refractivity contribution in [2.24, 2.45) is 17.4 Å². The minimum atomic E-state index is -1.77. The number of rotatable bonds is 29. The molecule has 0 radical (unpaired) electrons. The molecule has 1 aromatic heterocycles. The maximum Gasteiger partial charge on any atom is 0.328 e. The Hall–Kier alpha value is -7.52. The Morgan fingerprint density at radius 2 is 1.32 bits per heavy atom. The summed E-state index contributed by atoms with van der Waals surface area (Å²) in [6.07, 6.45) is -0.464. The Bertz CT molecular complexity index is 2230. The van der Waals surface area contributed by atoms with Crippen LogP contribution in [0.3, 0.4) is 0 Å². The van der Waals surface area contributed by atoms with Crippen molar-refractivity contribution in [3.8, 4) is 0 Å². The van der Waals surface area contributed by atoms with Crippen LogP contribution in [-0.2, 0) is 65.6 Å². The van der Waals surface area contributed by atoms with Crippen molar-refractivity contribution < 1.29 is 73.2 Å². The van der Waals surface area contributed by atoms with E-state index in [0.717, 1.165) is 4.90 Å². The molecule has 0 spiro atoms. The average molecular weight is 1020 g/mol. The van der Waals surface area contributed by atoms with Gasteiger partial charge in [-0.15, -0.1) is 0 Å². The molecule has 27 nitrogen and oxygen atoms in total. The number of H-pyrrole nitrogens is 1. The van der Waals surface area contributed by atoms with Crippen LogP contribution in [0.15, 0.2) is 42.9 Å². The fraction of sp³-hybridized carbons (Fsp3) is 0.556. The number of nitrogens with one attached hydrogen (secondary N) is 8. The van der Waals surface area contributed by atoms with Crippen molar-refractivity contribution >= 4 is 65.1 Å². The molecule has 2 aromatic rings. The summed E-state index contributed by atoms with van der Waals surface area (Å²) >= 11 is 0. The first kappa shape index (κ1) is 58.8. The lowest BCUT2D eigenvalue weighted by atomic mass is 10.0. The van der Waals surface area contributed by atoms with Crippen LogP contribution >= 0.6 is 0 Å². The van der Waals surface area contributed by atoms with E-state index in [2.05, 4.69) is 47.2 Å². The van der Waals surface area contributed by atoms with Crippen LogP contribution in [0.4, 0.5) is 0 Å². The molecule has 0 bridgehead atoms. The zero-order chi connectivity index (χ0) is 53.8. The van der Waals surface area contributed by atoms with Gasteiger partial charge in [0, 0.05) is 44.1 Å². The Kier molecular flexibility index (Phi) is 23.2. The molecule has 27 heteroatoms. The predicted octanol–water partition coefficient (Wildman–Crippen LogP) is -4.83. The van der Waals surface area contributed by atoms with Crippen molar-refractivity contribution in [1.82, 2.24) is 52.1 Å². The monoisotopic (exact) mass is 1010 g/mol. The molecule has 0 aliphatic carbocycles. The number of aliphatic carboxylic acids is 2. The molecule has 0 unspecified atom stereocenters. The van der Waals surface area contributed by atoms with Crippen molar-refractivity contribution in [1.29, 1.82) is 0 Å². The summed E-state index contributed by atoms with van der Waals surface area (Å²) in [6, 6.07) is -4.72. The number of likely N-dealkylation sites (tertiary alicyclic amines) is 1. The third kappa shape index (κ3) is 18.3. The molecule has 1 aliphatic rings. The van der Waals surface area contributed by atoms with E-state index in [4.69, 9.17) is 11.5 Å². The van der Waals surface area contributed by atoms with Gasteiger partial charge in [-0.25, -0.2) is 9.78 Å². The number of nitrogens with zero attached hydrogens (tertiary/aromatic N) is 2. The van der Waals surface area contributed by atoms with E-state index in [0.29, 0.717) is 11.3 Å². The molecule has 1 aromatic carbocycles. The molecule has 1 aliphatic heterocycles. The van der Waals surface area contributed by atoms with Crippen molar-refractivity contribution in [3.63, 3.8) is 0 Å². The van der Waals surface area contributed by atoms with Crippen molar-refractivity contribution in [2.45, 2.75) is 140 Å². The number of carboxylic acids is 2. The van der Waals surface area contributed by atoms with Crippen molar-refractivity contribution in [2.75, 3.05) is 13.2 Å². The zero-order valence-electron chi connectivity index (χ0n) is 40.3. The van der Waals surface area contributed by atoms with E-state index in [1.807, 2.05) is 0 Å².